The number of hydrogen-bond donors (Lipinski definition) is 0. The van der Waals surface area contributed by atoms with Crippen LogP contribution in [0.4, 0.5) is 4.39 Å². The first-order valence-corrected chi connectivity index (χ1v) is 11.0. The van der Waals surface area contributed by atoms with E-state index in [4.69, 9.17) is 0 Å². The molecular formula is C23H25FN4OS. The summed E-state index contributed by atoms with van der Waals surface area (Å²) in [5, 5.41) is 9.28. The molecule has 1 aliphatic carbocycles. The lowest BCUT2D eigenvalue weighted by molar-refractivity contribution is -0.129. The highest BCUT2D eigenvalue weighted by molar-refractivity contribution is 8.00. The van der Waals surface area contributed by atoms with Gasteiger partial charge in [-0.2, -0.15) is 0 Å². The minimum Gasteiger partial charge on any atom is -0.340 e. The predicted octanol–water partition coefficient (Wildman–Crippen LogP) is 4.48. The molecule has 2 aromatic carbocycles. The average Bonchev–Trinajstić information content (AvgIpc) is 3.51. The second-order valence-corrected chi connectivity index (χ2v) is 9.08. The molecule has 1 aromatic heterocycles. The molecule has 1 heterocycles. The van der Waals surface area contributed by atoms with E-state index >= 15 is 0 Å². The zero-order valence-electron chi connectivity index (χ0n) is 17.2. The smallest absolute Gasteiger partial charge is 0.235 e. The maximum Gasteiger partial charge on any atom is 0.235 e. The van der Waals surface area contributed by atoms with E-state index in [0.717, 1.165) is 29.4 Å². The third kappa shape index (κ3) is 4.90. The van der Waals surface area contributed by atoms with Crippen molar-refractivity contribution < 1.29 is 9.18 Å². The zero-order valence-corrected chi connectivity index (χ0v) is 18.0. The minimum absolute atomic E-state index is 0.0218. The van der Waals surface area contributed by atoms with E-state index in [0.29, 0.717) is 19.0 Å². The van der Waals surface area contributed by atoms with Crippen LogP contribution in [0.15, 0.2) is 59.8 Å². The van der Waals surface area contributed by atoms with Gasteiger partial charge in [-0.1, -0.05) is 54.2 Å². The molecule has 7 heteroatoms. The van der Waals surface area contributed by atoms with Crippen LogP contribution in [0, 0.1) is 5.82 Å². The first-order valence-electron chi connectivity index (χ1n) is 10.1. The van der Waals surface area contributed by atoms with Gasteiger partial charge in [0.15, 0.2) is 5.16 Å². The Hall–Kier alpha value is -2.67. The number of amides is 1. The number of aromatic nitrogens is 3. The normalized spacial score (nSPS) is 14.5. The van der Waals surface area contributed by atoms with Gasteiger partial charge in [0.05, 0.1) is 11.8 Å². The van der Waals surface area contributed by atoms with Crippen molar-refractivity contribution in [2.24, 2.45) is 0 Å². The molecule has 1 amide bonds. The standard InChI is InChI=1S/C23H25FN4OS/c1-16(22(29)27(2)14-18-9-6-10-20(24)13-18)30-23-26-25-21(19-11-12-19)28(23)15-17-7-4-3-5-8-17/h3-10,13,16,19H,11-12,14-15H2,1-2H3. The van der Waals surface area contributed by atoms with Crippen LogP contribution in [0.3, 0.4) is 0 Å². The Kier molecular flexibility index (Phi) is 6.18. The molecule has 0 spiro atoms. The van der Waals surface area contributed by atoms with Gasteiger partial charge in [0.2, 0.25) is 5.91 Å². The molecule has 1 atom stereocenters. The van der Waals surface area contributed by atoms with Crippen molar-refractivity contribution in [2.75, 3.05) is 7.05 Å². The van der Waals surface area contributed by atoms with E-state index < -0.39 is 0 Å². The highest BCUT2D eigenvalue weighted by atomic mass is 32.2. The molecule has 1 saturated carbocycles. The Balaban J connectivity index is 1.47. The Labute approximate surface area is 180 Å². The van der Waals surface area contributed by atoms with Gasteiger partial charge in [-0.05, 0) is 43.0 Å². The van der Waals surface area contributed by atoms with E-state index in [9.17, 15) is 9.18 Å². The lowest BCUT2D eigenvalue weighted by Crippen LogP contribution is -2.33. The summed E-state index contributed by atoms with van der Waals surface area (Å²) in [5.74, 6) is 1.16. The zero-order chi connectivity index (χ0) is 21.1. The summed E-state index contributed by atoms with van der Waals surface area (Å²) in [5.41, 5.74) is 1.95. The molecular weight excluding hydrogens is 399 g/mol. The maximum absolute atomic E-state index is 13.4. The first-order chi connectivity index (χ1) is 14.5. The fraction of sp³-hybridized carbons (Fsp3) is 0.348. The van der Waals surface area contributed by atoms with E-state index in [1.165, 1.54) is 29.5 Å². The molecule has 0 aliphatic heterocycles. The van der Waals surface area contributed by atoms with E-state index in [2.05, 4.69) is 26.9 Å². The predicted molar refractivity (Wildman–Crippen MR) is 116 cm³/mol. The molecule has 30 heavy (non-hydrogen) atoms. The van der Waals surface area contributed by atoms with Crippen molar-refractivity contribution in [2.45, 2.75) is 49.2 Å². The minimum atomic E-state index is -0.325. The number of benzene rings is 2. The number of halogens is 1. The molecule has 0 N–H and O–H groups in total. The second-order valence-electron chi connectivity index (χ2n) is 7.77. The Morgan fingerprint density at radius 1 is 1.17 bits per heavy atom. The summed E-state index contributed by atoms with van der Waals surface area (Å²) in [6.07, 6.45) is 2.28. The van der Waals surface area contributed by atoms with Gasteiger partial charge in [0.1, 0.15) is 11.6 Å². The topological polar surface area (TPSA) is 51.0 Å². The average molecular weight is 425 g/mol. The number of rotatable bonds is 8. The van der Waals surface area contributed by atoms with Crippen molar-refractivity contribution in [3.05, 3.63) is 77.4 Å². The molecule has 3 aromatic rings. The van der Waals surface area contributed by atoms with Crippen LogP contribution in [0.1, 0.15) is 42.6 Å². The van der Waals surface area contributed by atoms with Crippen LogP contribution in [0.5, 0.6) is 0 Å². The Morgan fingerprint density at radius 3 is 2.60 bits per heavy atom. The van der Waals surface area contributed by atoms with Gasteiger partial charge in [-0.3, -0.25) is 4.79 Å². The summed E-state index contributed by atoms with van der Waals surface area (Å²) >= 11 is 1.43. The van der Waals surface area contributed by atoms with Gasteiger partial charge in [-0.15, -0.1) is 10.2 Å². The summed E-state index contributed by atoms with van der Waals surface area (Å²) in [4.78, 5) is 14.5. The van der Waals surface area contributed by atoms with E-state index in [1.807, 2.05) is 31.2 Å². The molecule has 0 saturated heterocycles. The van der Waals surface area contributed by atoms with Crippen LogP contribution in [0.2, 0.25) is 0 Å². The number of hydrogen-bond acceptors (Lipinski definition) is 4. The molecule has 0 bridgehead atoms. The van der Waals surface area contributed by atoms with E-state index in [-0.39, 0.29) is 17.0 Å². The van der Waals surface area contributed by atoms with Gasteiger partial charge < -0.3 is 9.47 Å². The summed E-state index contributed by atoms with van der Waals surface area (Å²) < 4.78 is 15.6. The van der Waals surface area contributed by atoms with Crippen LogP contribution in [0.25, 0.3) is 0 Å². The van der Waals surface area contributed by atoms with Crippen molar-refractivity contribution in [1.29, 1.82) is 0 Å². The third-order valence-corrected chi connectivity index (χ3v) is 6.25. The third-order valence-electron chi connectivity index (χ3n) is 5.19. The van der Waals surface area contributed by atoms with Crippen LogP contribution in [-0.2, 0) is 17.9 Å². The van der Waals surface area contributed by atoms with Crippen molar-refractivity contribution >= 4 is 17.7 Å². The largest absolute Gasteiger partial charge is 0.340 e. The Bertz CT molecular complexity index is 1020. The van der Waals surface area contributed by atoms with Crippen LogP contribution >= 0.6 is 11.8 Å². The van der Waals surface area contributed by atoms with E-state index in [1.54, 1.807) is 18.0 Å². The fourth-order valence-corrected chi connectivity index (χ4v) is 4.42. The number of carbonyl (C=O) groups excluding carboxylic acids is 1. The van der Waals surface area contributed by atoms with Crippen LogP contribution < -0.4 is 0 Å². The SMILES string of the molecule is CC(Sc1nnc(C2CC2)n1Cc1ccccc1)C(=O)N(C)Cc1cccc(F)c1. The first kappa shape index (κ1) is 20.6. The van der Waals surface area contributed by atoms with Gasteiger partial charge in [0.25, 0.3) is 0 Å². The lowest BCUT2D eigenvalue weighted by atomic mass is 10.2. The molecule has 0 radical (unpaired) electrons. The molecule has 5 nitrogen and oxygen atoms in total. The second kappa shape index (κ2) is 9.00. The number of carbonyl (C=O) groups is 1. The summed E-state index contributed by atoms with van der Waals surface area (Å²) in [6, 6.07) is 16.6. The maximum atomic E-state index is 13.4. The van der Waals surface area contributed by atoms with Crippen molar-refractivity contribution in [3.63, 3.8) is 0 Å². The lowest BCUT2D eigenvalue weighted by Gasteiger charge is -2.21. The number of nitrogens with zero attached hydrogens (tertiary/aromatic N) is 4. The van der Waals surface area contributed by atoms with Crippen molar-refractivity contribution in [1.82, 2.24) is 19.7 Å². The summed E-state index contributed by atoms with van der Waals surface area (Å²) in [6.45, 7) is 2.95. The highest BCUT2D eigenvalue weighted by Gasteiger charge is 2.31. The molecule has 4 rings (SSSR count). The monoisotopic (exact) mass is 424 g/mol. The Morgan fingerprint density at radius 2 is 1.90 bits per heavy atom. The fourth-order valence-electron chi connectivity index (χ4n) is 3.45. The molecule has 156 valence electrons. The van der Waals surface area contributed by atoms with Crippen LogP contribution in [-0.4, -0.2) is 37.9 Å². The molecule has 1 aliphatic rings. The quantitative estimate of drug-likeness (QED) is 0.500. The molecule has 1 unspecified atom stereocenters. The summed E-state index contributed by atoms with van der Waals surface area (Å²) in [7, 11) is 1.74. The van der Waals surface area contributed by atoms with Gasteiger partial charge >= 0.3 is 0 Å². The number of thioether (sulfide) groups is 1. The highest BCUT2D eigenvalue weighted by Crippen LogP contribution is 2.40. The van der Waals surface area contributed by atoms with Crippen molar-refractivity contribution in [3.8, 4) is 0 Å². The molecule has 1 fully saturated rings. The van der Waals surface area contributed by atoms with Gasteiger partial charge in [-0.25, -0.2) is 4.39 Å². The van der Waals surface area contributed by atoms with Gasteiger partial charge in [0, 0.05) is 19.5 Å².